The zero-order valence-corrected chi connectivity index (χ0v) is 8.27. The van der Waals surface area contributed by atoms with Crippen molar-refractivity contribution in [2.75, 3.05) is 0 Å². The molecule has 2 rings (SSSR count). The van der Waals surface area contributed by atoms with Gasteiger partial charge in [0.15, 0.2) is 0 Å². The molecule has 0 aliphatic carbocycles. The van der Waals surface area contributed by atoms with E-state index >= 15 is 0 Å². The molecule has 0 fully saturated rings. The molecule has 14 heavy (non-hydrogen) atoms. The summed E-state index contributed by atoms with van der Waals surface area (Å²) >= 11 is 0. The van der Waals surface area contributed by atoms with E-state index in [0.29, 0.717) is 0 Å². The van der Waals surface area contributed by atoms with Gasteiger partial charge >= 0.3 is 0 Å². The Morgan fingerprint density at radius 1 is 1.50 bits per heavy atom. The van der Waals surface area contributed by atoms with E-state index in [2.05, 4.69) is 5.10 Å². The third-order valence-corrected chi connectivity index (χ3v) is 2.19. The van der Waals surface area contributed by atoms with Gasteiger partial charge < -0.3 is 10.2 Å². The Bertz CT molecular complexity index is 390. The summed E-state index contributed by atoms with van der Waals surface area (Å²) in [7, 11) is 1.87. The first kappa shape index (κ1) is 9.02. The zero-order valence-electron chi connectivity index (χ0n) is 8.27. The third-order valence-electron chi connectivity index (χ3n) is 2.19. The van der Waals surface area contributed by atoms with Crippen LogP contribution in [0, 0.1) is 6.92 Å². The fourth-order valence-electron chi connectivity index (χ4n) is 1.42. The first-order valence-corrected chi connectivity index (χ1v) is 4.46. The van der Waals surface area contributed by atoms with Crippen molar-refractivity contribution in [1.29, 1.82) is 0 Å². The highest BCUT2D eigenvalue weighted by Crippen LogP contribution is 2.20. The maximum absolute atomic E-state index is 6.03. The molecule has 0 radical (unpaired) electrons. The molecule has 2 aromatic rings. The van der Waals surface area contributed by atoms with Gasteiger partial charge in [-0.15, -0.1) is 0 Å². The number of aromatic nitrogens is 2. The van der Waals surface area contributed by atoms with Crippen LogP contribution in [0.2, 0.25) is 0 Å². The van der Waals surface area contributed by atoms with Crippen LogP contribution in [0.5, 0.6) is 0 Å². The summed E-state index contributed by atoms with van der Waals surface area (Å²) in [6.45, 7) is 1.90. The van der Waals surface area contributed by atoms with E-state index in [-0.39, 0.29) is 6.04 Å². The molecule has 1 atom stereocenters. The summed E-state index contributed by atoms with van der Waals surface area (Å²) in [6, 6.07) is 1.79. The second kappa shape index (κ2) is 3.31. The van der Waals surface area contributed by atoms with Crippen molar-refractivity contribution in [2.45, 2.75) is 13.0 Å². The fourth-order valence-corrected chi connectivity index (χ4v) is 1.42. The molecule has 0 spiro atoms. The second-order valence-electron chi connectivity index (χ2n) is 3.42. The monoisotopic (exact) mass is 191 g/mol. The third kappa shape index (κ3) is 1.56. The minimum Gasteiger partial charge on any atom is -0.469 e. The number of aryl methyl sites for hydroxylation is 2. The molecule has 2 aromatic heterocycles. The Morgan fingerprint density at radius 2 is 2.29 bits per heavy atom. The van der Waals surface area contributed by atoms with Gasteiger partial charge in [-0.25, -0.2) is 0 Å². The molecule has 0 saturated carbocycles. The fraction of sp³-hybridized carbons (Fsp3) is 0.300. The highest BCUT2D eigenvalue weighted by atomic mass is 16.3. The molecule has 0 aliphatic heterocycles. The van der Waals surface area contributed by atoms with Gasteiger partial charge in [-0.1, -0.05) is 0 Å². The quantitative estimate of drug-likeness (QED) is 0.780. The van der Waals surface area contributed by atoms with E-state index in [1.54, 1.807) is 17.1 Å². The van der Waals surface area contributed by atoms with Gasteiger partial charge in [-0.3, -0.25) is 4.68 Å². The number of hydrogen-bond donors (Lipinski definition) is 1. The SMILES string of the molecule is Cc1cc(C(N)c2cnn(C)c2)co1. The normalized spacial score (nSPS) is 13.1. The van der Waals surface area contributed by atoms with Crippen molar-refractivity contribution >= 4 is 0 Å². The molecule has 2 N–H and O–H groups in total. The van der Waals surface area contributed by atoms with E-state index in [1.807, 2.05) is 26.2 Å². The maximum atomic E-state index is 6.03. The van der Waals surface area contributed by atoms with E-state index in [9.17, 15) is 0 Å². The highest BCUT2D eigenvalue weighted by Gasteiger charge is 2.12. The van der Waals surface area contributed by atoms with Gasteiger partial charge in [-0.2, -0.15) is 5.10 Å². The molecule has 2 heterocycles. The number of rotatable bonds is 2. The van der Waals surface area contributed by atoms with Gasteiger partial charge in [0.05, 0.1) is 18.5 Å². The van der Waals surface area contributed by atoms with Crippen molar-refractivity contribution in [1.82, 2.24) is 9.78 Å². The van der Waals surface area contributed by atoms with Crippen LogP contribution in [0.25, 0.3) is 0 Å². The summed E-state index contributed by atoms with van der Waals surface area (Å²) in [5.74, 6) is 0.874. The molecule has 0 bridgehead atoms. The van der Waals surface area contributed by atoms with Gasteiger partial charge in [-0.05, 0) is 13.0 Å². The summed E-state index contributed by atoms with van der Waals surface area (Å²) in [6.07, 6.45) is 5.37. The molecular formula is C10H13N3O. The van der Waals surface area contributed by atoms with Gasteiger partial charge in [0.25, 0.3) is 0 Å². The molecule has 0 aromatic carbocycles. The second-order valence-corrected chi connectivity index (χ2v) is 3.42. The van der Waals surface area contributed by atoms with Crippen LogP contribution in [0.4, 0.5) is 0 Å². The zero-order chi connectivity index (χ0) is 10.1. The van der Waals surface area contributed by atoms with Gasteiger partial charge in [0.1, 0.15) is 5.76 Å². The Morgan fingerprint density at radius 3 is 2.79 bits per heavy atom. The smallest absolute Gasteiger partial charge is 0.101 e. The van der Waals surface area contributed by atoms with Crippen molar-refractivity contribution in [2.24, 2.45) is 12.8 Å². The van der Waals surface area contributed by atoms with E-state index in [4.69, 9.17) is 10.2 Å². The summed E-state index contributed by atoms with van der Waals surface area (Å²) < 4.78 is 6.94. The van der Waals surface area contributed by atoms with Crippen molar-refractivity contribution < 1.29 is 4.42 Å². The first-order valence-electron chi connectivity index (χ1n) is 4.46. The molecule has 1 unspecified atom stereocenters. The maximum Gasteiger partial charge on any atom is 0.101 e. The highest BCUT2D eigenvalue weighted by molar-refractivity contribution is 5.26. The van der Waals surface area contributed by atoms with Crippen LogP contribution < -0.4 is 5.73 Å². The summed E-state index contributed by atoms with van der Waals surface area (Å²) in [4.78, 5) is 0. The molecule has 4 heteroatoms. The van der Waals surface area contributed by atoms with Gasteiger partial charge in [0.2, 0.25) is 0 Å². The van der Waals surface area contributed by atoms with E-state index in [1.165, 1.54) is 0 Å². The van der Waals surface area contributed by atoms with Crippen LogP contribution in [0.3, 0.4) is 0 Å². The van der Waals surface area contributed by atoms with Gasteiger partial charge in [0, 0.05) is 24.4 Å². The molecule has 4 nitrogen and oxygen atoms in total. The summed E-state index contributed by atoms with van der Waals surface area (Å²) in [5, 5.41) is 4.08. The molecule has 0 aliphatic rings. The largest absolute Gasteiger partial charge is 0.469 e. The lowest BCUT2D eigenvalue weighted by atomic mass is 10.1. The molecule has 0 amide bonds. The van der Waals surface area contributed by atoms with Crippen LogP contribution >= 0.6 is 0 Å². The Labute approximate surface area is 82.3 Å². The Kier molecular flexibility index (Phi) is 2.13. The summed E-state index contributed by atoms with van der Waals surface area (Å²) in [5.41, 5.74) is 8.01. The molecular weight excluding hydrogens is 178 g/mol. The van der Waals surface area contributed by atoms with Crippen LogP contribution in [0.1, 0.15) is 22.9 Å². The number of nitrogens with two attached hydrogens (primary N) is 1. The standard InChI is InChI=1S/C10H13N3O/c1-7-3-8(6-14-7)10(11)9-4-12-13(2)5-9/h3-6,10H,11H2,1-2H3. The lowest BCUT2D eigenvalue weighted by Gasteiger charge is -2.04. The lowest BCUT2D eigenvalue weighted by molar-refractivity contribution is 0.530. The Balaban J connectivity index is 2.28. The van der Waals surface area contributed by atoms with Crippen LogP contribution in [-0.2, 0) is 7.05 Å². The number of hydrogen-bond acceptors (Lipinski definition) is 3. The van der Waals surface area contributed by atoms with Crippen molar-refractivity contribution in [3.8, 4) is 0 Å². The van der Waals surface area contributed by atoms with Crippen molar-refractivity contribution in [3.05, 3.63) is 41.6 Å². The minimum atomic E-state index is -0.152. The van der Waals surface area contributed by atoms with Crippen LogP contribution in [0.15, 0.2) is 29.1 Å². The average Bonchev–Trinajstić information content (AvgIpc) is 2.73. The average molecular weight is 191 g/mol. The van der Waals surface area contributed by atoms with Crippen LogP contribution in [-0.4, -0.2) is 9.78 Å². The molecule has 0 saturated heterocycles. The van der Waals surface area contributed by atoms with E-state index < -0.39 is 0 Å². The van der Waals surface area contributed by atoms with Crippen molar-refractivity contribution in [3.63, 3.8) is 0 Å². The minimum absolute atomic E-state index is 0.152. The lowest BCUT2D eigenvalue weighted by Crippen LogP contribution is -2.09. The predicted octanol–water partition coefficient (Wildman–Crippen LogP) is 1.37. The first-order chi connectivity index (χ1) is 6.66. The van der Waals surface area contributed by atoms with E-state index in [0.717, 1.165) is 16.9 Å². The number of nitrogens with zero attached hydrogens (tertiary/aromatic N) is 2. The Hall–Kier alpha value is -1.55. The predicted molar refractivity (Wildman–Crippen MR) is 52.7 cm³/mol. The molecule has 74 valence electrons. The topological polar surface area (TPSA) is 57.0 Å². The number of furan rings is 1.